The van der Waals surface area contributed by atoms with E-state index in [2.05, 4.69) is 15.5 Å². The third-order valence-corrected chi connectivity index (χ3v) is 4.84. The summed E-state index contributed by atoms with van der Waals surface area (Å²) in [7, 11) is 3.30. The fraction of sp³-hybridized carbons (Fsp3) is 0.375. The molecule has 2 aromatic rings. The van der Waals surface area contributed by atoms with Crippen LogP contribution in [0.25, 0.3) is 0 Å². The molecule has 1 N–H and O–H groups in total. The number of nitrogens with zero attached hydrogens (tertiary/aromatic N) is 3. The van der Waals surface area contributed by atoms with Crippen LogP contribution in [0.1, 0.15) is 23.0 Å². The second-order valence-corrected chi connectivity index (χ2v) is 6.66. The first kappa shape index (κ1) is 16.5. The Morgan fingerprint density at radius 2 is 2.12 bits per heavy atom. The Morgan fingerprint density at radius 1 is 1.38 bits per heavy atom. The van der Waals surface area contributed by atoms with Crippen molar-refractivity contribution in [3.05, 3.63) is 40.9 Å². The number of nitrogens with one attached hydrogen (secondary N) is 1. The molecule has 0 unspecified atom stereocenters. The summed E-state index contributed by atoms with van der Waals surface area (Å²) in [5, 5.41) is 11.8. The molecule has 24 heavy (non-hydrogen) atoms. The molecule has 1 fully saturated rings. The number of anilines is 1. The van der Waals surface area contributed by atoms with Gasteiger partial charge in [-0.2, -0.15) is 0 Å². The van der Waals surface area contributed by atoms with Crippen LogP contribution in [-0.2, 0) is 20.9 Å². The first-order valence-corrected chi connectivity index (χ1v) is 8.34. The minimum atomic E-state index is -0.459. The predicted molar refractivity (Wildman–Crippen MR) is 89.3 cm³/mol. The summed E-state index contributed by atoms with van der Waals surface area (Å²) in [6.45, 7) is 0.352. The van der Waals surface area contributed by atoms with Gasteiger partial charge in [-0.3, -0.25) is 9.59 Å². The van der Waals surface area contributed by atoms with E-state index in [0.717, 1.165) is 5.56 Å². The lowest BCUT2D eigenvalue weighted by molar-refractivity contribution is -0.127. The predicted octanol–water partition coefficient (Wildman–Crippen LogP) is 1.84. The Labute approximate surface area is 143 Å². The highest BCUT2D eigenvalue weighted by atomic mass is 32.1. The molecule has 2 amide bonds. The molecule has 1 aromatic carbocycles. The van der Waals surface area contributed by atoms with Crippen molar-refractivity contribution < 1.29 is 14.3 Å². The smallest absolute Gasteiger partial charge is 0.232 e. The first-order valence-electron chi connectivity index (χ1n) is 7.53. The summed E-state index contributed by atoms with van der Waals surface area (Å²) in [5.41, 5.74) is 0.948. The summed E-state index contributed by atoms with van der Waals surface area (Å²) >= 11 is 1.27. The van der Waals surface area contributed by atoms with Crippen LogP contribution >= 0.6 is 11.3 Å². The highest BCUT2D eigenvalue weighted by Crippen LogP contribution is 2.37. The van der Waals surface area contributed by atoms with Crippen molar-refractivity contribution in [2.24, 2.45) is 5.92 Å². The molecule has 0 aliphatic carbocycles. The van der Waals surface area contributed by atoms with Gasteiger partial charge in [0.2, 0.25) is 16.9 Å². The maximum absolute atomic E-state index is 12.7. The lowest BCUT2D eigenvalue weighted by Crippen LogP contribution is -2.29. The van der Waals surface area contributed by atoms with Crippen LogP contribution < -0.4 is 5.32 Å². The number of carbonyl (C=O) groups excluding carboxylic acids is 2. The van der Waals surface area contributed by atoms with Crippen molar-refractivity contribution >= 4 is 28.3 Å². The molecule has 0 radical (unpaired) electrons. The highest BCUT2D eigenvalue weighted by Gasteiger charge is 2.42. The van der Waals surface area contributed by atoms with Crippen LogP contribution in [0.4, 0.5) is 5.13 Å². The third kappa shape index (κ3) is 3.29. The maximum atomic E-state index is 12.7. The second kappa shape index (κ2) is 7.06. The van der Waals surface area contributed by atoms with E-state index in [1.54, 1.807) is 19.1 Å². The molecule has 2 atom stereocenters. The number of benzene rings is 1. The average Bonchev–Trinajstić information content (AvgIpc) is 3.14. The number of amides is 2. The Hall–Kier alpha value is -2.32. The number of carbonyl (C=O) groups is 2. The lowest BCUT2D eigenvalue weighted by atomic mass is 9.93. The zero-order chi connectivity index (χ0) is 17.1. The Bertz CT molecular complexity index is 734. The van der Waals surface area contributed by atoms with Gasteiger partial charge in [-0.05, 0) is 5.56 Å². The van der Waals surface area contributed by atoms with E-state index in [4.69, 9.17) is 4.74 Å². The zero-order valence-electron chi connectivity index (χ0n) is 13.4. The van der Waals surface area contributed by atoms with Crippen molar-refractivity contribution in [1.82, 2.24) is 15.1 Å². The number of aromatic nitrogens is 2. The van der Waals surface area contributed by atoms with Gasteiger partial charge >= 0.3 is 0 Å². The van der Waals surface area contributed by atoms with E-state index in [-0.39, 0.29) is 24.3 Å². The van der Waals surface area contributed by atoms with Crippen LogP contribution in [0, 0.1) is 5.92 Å². The Kier molecular flexibility index (Phi) is 4.86. The fourth-order valence-corrected chi connectivity index (χ4v) is 3.61. The Morgan fingerprint density at radius 3 is 2.83 bits per heavy atom. The van der Waals surface area contributed by atoms with Gasteiger partial charge in [0.1, 0.15) is 11.6 Å². The maximum Gasteiger partial charge on any atom is 0.232 e. The quantitative estimate of drug-likeness (QED) is 0.893. The van der Waals surface area contributed by atoms with E-state index in [1.807, 2.05) is 30.3 Å². The summed E-state index contributed by atoms with van der Waals surface area (Å²) < 4.78 is 4.99. The van der Waals surface area contributed by atoms with Gasteiger partial charge in [0, 0.05) is 20.6 Å². The van der Waals surface area contributed by atoms with Gasteiger partial charge in [0.05, 0.1) is 12.0 Å². The third-order valence-electron chi connectivity index (χ3n) is 4.03. The largest absolute Gasteiger partial charge is 0.377 e. The first-order chi connectivity index (χ1) is 11.6. The van der Waals surface area contributed by atoms with E-state index in [1.165, 1.54) is 11.3 Å². The standard InChI is InChI=1S/C16H18N4O3S/c1-20-13(21)8-11(14(20)10-6-4-3-5-7-10)15(22)17-16-19-18-12(24-16)9-23-2/h3-7,11,14H,8-9H2,1-2H3,(H,17,19,22)/t11-,14+/m0/s1. The van der Waals surface area contributed by atoms with Gasteiger partial charge < -0.3 is 15.0 Å². The van der Waals surface area contributed by atoms with Crippen molar-refractivity contribution in [3.63, 3.8) is 0 Å². The molecule has 0 spiro atoms. The van der Waals surface area contributed by atoms with Gasteiger partial charge in [-0.1, -0.05) is 41.7 Å². The van der Waals surface area contributed by atoms with E-state index in [9.17, 15) is 9.59 Å². The summed E-state index contributed by atoms with van der Waals surface area (Å²) in [5.74, 6) is -0.720. The van der Waals surface area contributed by atoms with Gasteiger partial charge in [0.15, 0.2) is 0 Å². The van der Waals surface area contributed by atoms with Crippen molar-refractivity contribution in [1.29, 1.82) is 0 Å². The number of hydrogen-bond acceptors (Lipinski definition) is 6. The average molecular weight is 346 g/mol. The molecule has 2 heterocycles. The van der Waals surface area contributed by atoms with E-state index < -0.39 is 5.92 Å². The number of rotatable bonds is 5. The minimum absolute atomic E-state index is 0.0404. The topological polar surface area (TPSA) is 84.4 Å². The molecule has 8 heteroatoms. The van der Waals surface area contributed by atoms with E-state index >= 15 is 0 Å². The van der Waals surface area contributed by atoms with Crippen molar-refractivity contribution in [3.8, 4) is 0 Å². The minimum Gasteiger partial charge on any atom is -0.377 e. The van der Waals surface area contributed by atoms with Crippen molar-refractivity contribution in [2.75, 3.05) is 19.5 Å². The SMILES string of the molecule is COCc1nnc(NC(=O)[C@H]2CC(=O)N(C)[C@@H]2c2ccccc2)s1. The van der Waals surface area contributed by atoms with Crippen LogP contribution in [-0.4, -0.2) is 41.1 Å². The summed E-state index contributed by atoms with van der Waals surface area (Å²) in [6.07, 6.45) is 0.186. The molecule has 3 rings (SSSR count). The van der Waals surface area contributed by atoms with Crippen LogP contribution in [0.15, 0.2) is 30.3 Å². The number of ether oxygens (including phenoxy) is 1. The molecule has 1 aliphatic heterocycles. The Balaban J connectivity index is 1.78. The fourth-order valence-electron chi connectivity index (χ4n) is 2.90. The van der Waals surface area contributed by atoms with Crippen LogP contribution in [0.3, 0.4) is 0 Å². The van der Waals surface area contributed by atoms with Crippen LogP contribution in [0.5, 0.6) is 0 Å². The normalized spacial score (nSPS) is 20.4. The number of likely N-dealkylation sites (tertiary alicyclic amines) is 1. The molecular formula is C16H18N4O3S. The summed E-state index contributed by atoms with van der Waals surface area (Å²) in [6, 6.07) is 9.31. The second-order valence-electron chi connectivity index (χ2n) is 5.59. The van der Waals surface area contributed by atoms with Gasteiger partial charge in [0.25, 0.3) is 0 Å². The van der Waals surface area contributed by atoms with Crippen molar-refractivity contribution in [2.45, 2.75) is 19.1 Å². The monoisotopic (exact) mass is 346 g/mol. The molecule has 126 valence electrons. The van der Waals surface area contributed by atoms with Gasteiger partial charge in [-0.15, -0.1) is 10.2 Å². The molecule has 0 saturated carbocycles. The molecule has 1 aromatic heterocycles. The summed E-state index contributed by atoms with van der Waals surface area (Å²) in [4.78, 5) is 26.4. The van der Waals surface area contributed by atoms with Crippen LogP contribution in [0.2, 0.25) is 0 Å². The molecule has 0 bridgehead atoms. The van der Waals surface area contributed by atoms with Gasteiger partial charge in [-0.25, -0.2) is 0 Å². The molecule has 1 aliphatic rings. The zero-order valence-corrected chi connectivity index (χ0v) is 14.2. The molecule has 1 saturated heterocycles. The lowest BCUT2D eigenvalue weighted by Gasteiger charge is -2.24. The molecule has 7 nitrogen and oxygen atoms in total. The number of methoxy groups -OCH3 is 1. The highest BCUT2D eigenvalue weighted by molar-refractivity contribution is 7.15. The van der Waals surface area contributed by atoms with E-state index in [0.29, 0.717) is 16.7 Å². The number of hydrogen-bond donors (Lipinski definition) is 1. The molecular weight excluding hydrogens is 328 g/mol.